The van der Waals surface area contributed by atoms with Gasteiger partial charge in [0.2, 0.25) is 0 Å². The van der Waals surface area contributed by atoms with Gasteiger partial charge in [0.1, 0.15) is 11.4 Å². The summed E-state index contributed by atoms with van der Waals surface area (Å²) in [6.07, 6.45) is 1.52. The summed E-state index contributed by atoms with van der Waals surface area (Å²) in [5.41, 5.74) is 3.72. The van der Waals surface area contributed by atoms with Gasteiger partial charge < -0.3 is 4.74 Å². The molecule has 0 aliphatic heterocycles. The molecule has 1 N–H and O–H groups in total. The van der Waals surface area contributed by atoms with Crippen molar-refractivity contribution in [3.05, 3.63) is 41.2 Å². The van der Waals surface area contributed by atoms with Crippen LogP contribution < -0.4 is 10.2 Å². The van der Waals surface area contributed by atoms with E-state index in [4.69, 9.17) is 4.74 Å². The van der Waals surface area contributed by atoms with Crippen LogP contribution in [0.25, 0.3) is 0 Å². The quantitative estimate of drug-likeness (QED) is 0.659. The Morgan fingerprint density at radius 1 is 1.40 bits per heavy atom. The Morgan fingerprint density at radius 2 is 2.15 bits per heavy atom. The van der Waals surface area contributed by atoms with Crippen molar-refractivity contribution in [1.29, 1.82) is 0 Å². The van der Waals surface area contributed by atoms with Crippen molar-refractivity contribution in [1.82, 2.24) is 15.7 Å². The maximum absolute atomic E-state index is 11.6. The van der Waals surface area contributed by atoms with Crippen molar-refractivity contribution >= 4 is 12.1 Å². The Labute approximate surface area is 115 Å². The van der Waals surface area contributed by atoms with E-state index in [-0.39, 0.29) is 5.69 Å². The fraction of sp³-hybridized carbons (Fsp3) is 0.231. The highest BCUT2D eigenvalue weighted by Crippen LogP contribution is 2.10. The summed E-state index contributed by atoms with van der Waals surface area (Å²) in [5, 5.41) is 10.8. The molecule has 2 aromatic rings. The van der Waals surface area contributed by atoms with Gasteiger partial charge in [0.15, 0.2) is 5.69 Å². The first-order valence-corrected chi connectivity index (χ1v) is 6.06. The smallest absolute Gasteiger partial charge is 0.295 e. The molecule has 1 amide bonds. The standard InChI is InChI=1S/C13H14N4O3/c1-3-19-11-6-4-10(5-7-11)8-14-15-13(18)12-9(2)16-20-17-12/h4-8H,3H2,1-2H3,(H,15,18)/b14-8+. The molecule has 0 bridgehead atoms. The van der Waals surface area contributed by atoms with Gasteiger partial charge in [-0.3, -0.25) is 4.79 Å². The summed E-state index contributed by atoms with van der Waals surface area (Å²) in [6.45, 7) is 4.17. The molecular formula is C13H14N4O3. The Morgan fingerprint density at radius 3 is 2.75 bits per heavy atom. The maximum atomic E-state index is 11.6. The predicted molar refractivity (Wildman–Crippen MR) is 71.7 cm³/mol. The fourth-order valence-corrected chi connectivity index (χ4v) is 1.47. The number of hydrazone groups is 1. The molecule has 0 radical (unpaired) electrons. The number of hydrogen-bond acceptors (Lipinski definition) is 6. The minimum absolute atomic E-state index is 0.119. The normalized spacial score (nSPS) is 10.7. The number of hydrogen-bond donors (Lipinski definition) is 1. The molecule has 7 heteroatoms. The average molecular weight is 274 g/mol. The SMILES string of the molecule is CCOc1ccc(/C=N/NC(=O)c2nonc2C)cc1. The first kappa shape index (κ1) is 13.7. The summed E-state index contributed by atoms with van der Waals surface area (Å²) in [6, 6.07) is 7.34. The lowest BCUT2D eigenvalue weighted by Gasteiger charge is -2.02. The summed E-state index contributed by atoms with van der Waals surface area (Å²) in [4.78, 5) is 11.6. The van der Waals surface area contributed by atoms with E-state index in [9.17, 15) is 4.79 Å². The molecule has 0 aliphatic carbocycles. The zero-order valence-corrected chi connectivity index (χ0v) is 11.2. The Hall–Kier alpha value is -2.70. The highest BCUT2D eigenvalue weighted by molar-refractivity contribution is 5.93. The molecule has 7 nitrogen and oxygen atoms in total. The van der Waals surface area contributed by atoms with Gasteiger partial charge in [0, 0.05) is 0 Å². The summed E-state index contributed by atoms with van der Waals surface area (Å²) < 4.78 is 9.77. The van der Waals surface area contributed by atoms with E-state index in [0.717, 1.165) is 11.3 Å². The van der Waals surface area contributed by atoms with E-state index >= 15 is 0 Å². The molecule has 0 spiro atoms. The van der Waals surface area contributed by atoms with E-state index in [1.807, 2.05) is 31.2 Å². The lowest BCUT2D eigenvalue weighted by Crippen LogP contribution is -2.19. The summed E-state index contributed by atoms with van der Waals surface area (Å²) >= 11 is 0. The molecular weight excluding hydrogens is 260 g/mol. The van der Waals surface area contributed by atoms with Crippen LogP contribution in [0.3, 0.4) is 0 Å². The fourth-order valence-electron chi connectivity index (χ4n) is 1.47. The van der Waals surface area contributed by atoms with Crippen LogP contribution in [-0.2, 0) is 0 Å². The van der Waals surface area contributed by atoms with Crippen LogP contribution >= 0.6 is 0 Å². The second-order valence-electron chi connectivity index (χ2n) is 3.90. The minimum Gasteiger partial charge on any atom is -0.494 e. The van der Waals surface area contributed by atoms with Gasteiger partial charge in [-0.25, -0.2) is 10.1 Å². The van der Waals surface area contributed by atoms with Crippen molar-refractivity contribution in [2.45, 2.75) is 13.8 Å². The minimum atomic E-state index is -0.467. The van der Waals surface area contributed by atoms with E-state index in [1.54, 1.807) is 6.92 Å². The van der Waals surface area contributed by atoms with Crippen LogP contribution in [0, 0.1) is 6.92 Å². The number of aromatic nitrogens is 2. The van der Waals surface area contributed by atoms with E-state index < -0.39 is 5.91 Å². The largest absolute Gasteiger partial charge is 0.494 e. The second kappa shape index (κ2) is 6.46. The van der Waals surface area contributed by atoms with Crippen molar-refractivity contribution in [2.75, 3.05) is 6.61 Å². The predicted octanol–water partition coefficient (Wildman–Crippen LogP) is 1.54. The molecule has 1 heterocycles. The van der Waals surface area contributed by atoms with Gasteiger partial charge in [0.25, 0.3) is 5.91 Å². The van der Waals surface area contributed by atoms with Gasteiger partial charge in [-0.2, -0.15) is 5.10 Å². The van der Waals surface area contributed by atoms with Crippen LogP contribution in [0.1, 0.15) is 28.7 Å². The van der Waals surface area contributed by atoms with Gasteiger partial charge >= 0.3 is 0 Å². The molecule has 0 saturated heterocycles. The first-order chi connectivity index (χ1) is 9.70. The Kier molecular flexibility index (Phi) is 4.43. The van der Waals surface area contributed by atoms with Crippen LogP contribution in [0.15, 0.2) is 34.0 Å². The van der Waals surface area contributed by atoms with Crippen LogP contribution in [-0.4, -0.2) is 29.0 Å². The van der Waals surface area contributed by atoms with Crippen molar-refractivity contribution in [3.63, 3.8) is 0 Å². The lowest BCUT2D eigenvalue weighted by molar-refractivity contribution is 0.0945. The monoisotopic (exact) mass is 274 g/mol. The number of carbonyl (C=O) groups excluding carboxylic acids is 1. The highest BCUT2D eigenvalue weighted by Gasteiger charge is 2.13. The molecule has 1 aromatic heterocycles. The van der Waals surface area contributed by atoms with E-state index in [1.165, 1.54) is 6.21 Å². The van der Waals surface area contributed by atoms with Gasteiger partial charge in [-0.1, -0.05) is 5.16 Å². The molecule has 104 valence electrons. The molecule has 0 saturated carbocycles. The number of carbonyl (C=O) groups is 1. The molecule has 0 fully saturated rings. The summed E-state index contributed by atoms with van der Waals surface area (Å²) in [7, 11) is 0. The Balaban J connectivity index is 1.93. The second-order valence-corrected chi connectivity index (χ2v) is 3.90. The van der Waals surface area contributed by atoms with Crippen LogP contribution in [0.4, 0.5) is 0 Å². The zero-order chi connectivity index (χ0) is 14.4. The van der Waals surface area contributed by atoms with E-state index in [0.29, 0.717) is 12.3 Å². The molecule has 0 aliphatic rings. The molecule has 1 aromatic carbocycles. The van der Waals surface area contributed by atoms with Crippen molar-refractivity contribution in [2.24, 2.45) is 5.10 Å². The number of ether oxygens (including phenoxy) is 1. The van der Waals surface area contributed by atoms with Gasteiger partial charge in [-0.05, 0) is 48.8 Å². The maximum Gasteiger partial charge on any atom is 0.295 e. The van der Waals surface area contributed by atoms with Gasteiger partial charge in [0.05, 0.1) is 12.8 Å². The number of rotatable bonds is 5. The Bertz CT molecular complexity index is 604. The third-order valence-electron chi connectivity index (χ3n) is 2.44. The van der Waals surface area contributed by atoms with Crippen LogP contribution in [0.5, 0.6) is 5.75 Å². The third-order valence-corrected chi connectivity index (χ3v) is 2.44. The van der Waals surface area contributed by atoms with Crippen molar-refractivity contribution in [3.8, 4) is 5.75 Å². The van der Waals surface area contributed by atoms with E-state index in [2.05, 4.69) is 25.5 Å². The molecule has 20 heavy (non-hydrogen) atoms. The number of nitrogens with zero attached hydrogens (tertiary/aromatic N) is 3. The van der Waals surface area contributed by atoms with Gasteiger partial charge in [-0.15, -0.1) is 0 Å². The highest BCUT2D eigenvalue weighted by atomic mass is 16.6. The lowest BCUT2D eigenvalue weighted by atomic mass is 10.2. The average Bonchev–Trinajstić information content (AvgIpc) is 2.87. The zero-order valence-electron chi connectivity index (χ0n) is 11.2. The van der Waals surface area contributed by atoms with Crippen LogP contribution in [0.2, 0.25) is 0 Å². The first-order valence-electron chi connectivity index (χ1n) is 6.06. The summed E-state index contributed by atoms with van der Waals surface area (Å²) in [5.74, 6) is 0.323. The number of nitrogens with one attached hydrogen (secondary N) is 1. The molecule has 0 atom stereocenters. The third kappa shape index (κ3) is 3.41. The molecule has 0 unspecified atom stereocenters. The number of amides is 1. The topological polar surface area (TPSA) is 89.6 Å². The number of benzene rings is 1. The molecule has 2 rings (SSSR count). The number of aryl methyl sites for hydroxylation is 1. The van der Waals surface area contributed by atoms with Crippen molar-refractivity contribution < 1.29 is 14.2 Å².